The van der Waals surface area contributed by atoms with E-state index in [2.05, 4.69) is 23.5 Å². The minimum atomic E-state index is 0.889. The smallest absolute Gasteiger partial charge is 0.0726 e. The highest BCUT2D eigenvalue weighted by molar-refractivity contribution is 5.38. The van der Waals surface area contributed by atoms with Crippen molar-refractivity contribution in [2.45, 2.75) is 39.2 Å². The summed E-state index contributed by atoms with van der Waals surface area (Å²) in [4.78, 5) is 0. The van der Waals surface area contributed by atoms with Crippen molar-refractivity contribution in [3.8, 4) is 0 Å². The first-order valence-electron chi connectivity index (χ1n) is 5.65. The zero-order chi connectivity index (χ0) is 9.80. The molecule has 78 valence electrons. The van der Waals surface area contributed by atoms with Crippen LogP contribution in [0.1, 0.15) is 32.6 Å². The third-order valence-electron chi connectivity index (χ3n) is 3.03. The van der Waals surface area contributed by atoms with Crippen molar-refractivity contribution in [2.24, 2.45) is 5.92 Å². The fourth-order valence-corrected chi connectivity index (χ4v) is 2.10. The third kappa shape index (κ3) is 2.28. The van der Waals surface area contributed by atoms with Crippen molar-refractivity contribution >= 4 is 5.69 Å². The first kappa shape index (κ1) is 9.56. The van der Waals surface area contributed by atoms with Gasteiger partial charge >= 0.3 is 0 Å². The first-order valence-corrected chi connectivity index (χ1v) is 5.65. The SMILES string of the molecule is CCn1cc(NCC2CCCC2)cn1. The van der Waals surface area contributed by atoms with Crippen LogP contribution in [-0.4, -0.2) is 16.3 Å². The number of hydrogen-bond donors (Lipinski definition) is 1. The third-order valence-corrected chi connectivity index (χ3v) is 3.03. The molecular formula is C11H19N3. The minimum Gasteiger partial charge on any atom is -0.382 e. The van der Waals surface area contributed by atoms with Gasteiger partial charge in [-0.15, -0.1) is 0 Å². The van der Waals surface area contributed by atoms with E-state index < -0.39 is 0 Å². The Kier molecular flexibility index (Phi) is 3.07. The molecule has 2 rings (SSSR count). The molecule has 1 aliphatic rings. The van der Waals surface area contributed by atoms with Gasteiger partial charge in [0.15, 0.2) is 0 Å². The summed E-state index contributed by atoms with van der Waals surface area (Å²) >= 11 is 0. The number of rotatable bonds is 4. The fraction of sp³-hybridized carbons (Fsp3) is 0.727. The molecule has 0 bridgehead atoms. The summed E-state index contributed by atoms with van der Waals surface area (Å²) in [5, 5.41) is 7.69. The van der Waals surface area contributed by atoms with Crippen molar-refractivity contribution in [3.63, 3.8) is 0 Å². The molecule has 1 fully saturated rings. The largest absolute Gasteiger partial charge is 0.382 e. The van der Waals surface area contributed by atoms with Gasteiger partial charge in [0.2, 0.25) is 0 Å². The van der Waals surface area contributed by atoms with Crippen LogP contribution >= 0.6 is 0 Å². The molecule has 0 amide bonds. The summed E-state index contributed by atoms with van der Waals surface area (Å²) in [5.41, 5.74) is 1.17. The average Bonchev–Trinajstić information content (AvgIpc) is 2.86. The number of aromatic nitrogens is 2. The van der Waals surface area contributed by atoms with Gasteiger partial charge in [0.1, 0.15) is 0 Å². The summed E-state index contributed by atoms with van der Waals surface area (Å²) in [7, 11) is 0. The molecule has 0 aliphatic heterocycles. The Hall–Kier alpha value is -0.990. The van der Waals surface area contributed by atoms with Crippen LogP contribution in [0.15, 0.2) is 12.4 Å². The number of nitrogens with zero attached hydrogens (tertiary/aromatic N) is 2. The molecule has 0 unspecified atom stereocenters. The van der Waals surface area contributed by atoms with Gasteiger partial charge in [-0.25, -0.2) is 0 Å². The molecular weight excluding hydrogens is 174 g/mol. The second kappa shape index (κ2) is 4.49. The van der Waals surface area contributed by atoms with Gasteiger partial charge in [-0.3, -0.25) is 4.68 Å². The Labute approximate surface area is 85.5 Å². The summed E-state index contributed by atoms with van der Waals surface area (Å²) < 4.78 is 1.96. The Balaban J connectivity index is 1.79. The summed E-state index contributed by atoms with van der Waals surface area (Å²) in [5.74, 6) is 0.889. The molecule has 0 radical (unpaired) electrons. The number of anilines is 1. The molecule has 0 atom stereocenters. The van der Waals surface area contributed by atoms with E-state index in [0.717, 1.165) is 19.0 Å². The van der Waals surface area contributed by atoms with Crippen LogP contribution in [0.4, 0.5) is 5.69 Å². The molecule has 0 aromatic carbocycles. The zero-order valence-corrected chi connectivity index (χ0v) is 8.87. The van der Waals surface area contributed by atoms with Gasteiger partial charge in [-0.2, -0.15) is 5.10 Å². The number of hydrogen-bond acceptors (Lipinski definition) is 2. The van der Waals surface area contributed by atoms with Gasteiger partial charge in [0, 0.05) is 19.3 Å². The van der Waals surface area contributed by atoms with Crippen LogP contribution in [0.3, 0.4) is 0 Å². The predicted molar refractivity (Wildman–Crippen MR) is 58.3 cm³/mol. The van der Waals surface area contributed by atoms with E-state index in [1.807, 2.05) is 10.9 Å². The van der Waals surface area contributed by atoms with E-state index in [1.54, 1.807) is 0 Å². The monoisotopic (exact) mass is 193 g/mol. The number of aryl methyl sites for hydroxylation is 1. The van der Waals surface area contributed by atoms with Crippen molar-refractivity contribution < 1.29 is 0 Å². The van der Waals surface area contributed by atoms with Crippen LogP contribution in [0.25, 0.3) is 0 Å². The highest BCUT2D eigenvalue weighted by Crippen LogP contribution is 2.24. The molecule has 14 heavy (non-hydrogen) atoms. The van der Waals surface area contributed by atoms with Crippen LogP contribution < -0.4 is 5.32 Å². The maximum absolute atomic E-state index is 4.23. The predicted octanol–water partition coefficient (Wildman–Crippen LogP) is 2.51. The second-order valence-electron chi connectivity index (χ2n) is 4.12. The molecule has 1 aromatic rings. The van der Waals surface area contributed by atoms with Crippen LogP contribution in [-0.2, 0) is 6.54 Å². The quantitative estimate of drug-likeness (QED) is 0.796. The Morgan fingerprint density at radius 2 is 2.29 bits per heavy atom. The normalized spacial score (nSPS) is 17.5. The van der Waals surface area contributed by atoms with E-state index in [4.69, 9.17) is 0 Å². The summed E-state index contributed by atoms with van der Waals surface area (Å²) in [6, 6.07) is 0. The van der Waals surface area contributed by atoms with Crippen LogP contribution in [0, 0.1) is 5.92 Å². The Bertz CT molecular complexity index is 274. The van der Waals surface area contributed by atoms with E-state index in [0.29, 0.717) is 0 Å². The fourth-order valence-electron chi connectivity index (χ4n) is 2.10. The highest BCUT2D eigenvalue weighted by Gasteiger charge is 2.14. The van der Waals surface area contributed by atoms with Gasteiger partial charge in [0.05, 0.1) is 11.9 Å². The van der Waals surface area contributed by atoms with Crippen LogP contribution in [0.2, 0.25) is 0 Å². The highest BCUT2D eigenvalue weighted by atomic mass is 15.3. The summed E-state index contributed by atoms with van der Waals surface area (Å²) in [6.45, 7) is 4.17. The van der Waals surface area contributed by atoms with Gasteiger partial charge in [-0.05, 0) is 25.7 Å². The standard InChI is InChI=1S/C11H19N3/c1-2-14-9-11(8-13-14)12-7-10-5-3-4-6-10/h8-10,12H,2-7H2,1H3. The van der Waals surface area contributed by atoms with E-state index in [9.17, 15) is 0 Å². The van der Waals surface area contributed by atoms with E-state index in [1.165, 1.54) is 31.4 Å². The lowest BCUT2D eigenvalue weighted by molar-refractivity contribution is 0.580. The van der Waals surface area contributed by atoms with Crippen molar-refractivity contribution in [1.82, 2.24) is 9.78 Å². The van der Waals surface area contributed by atoms with Gasteiger partial charge in [0.25, 0.3) is 0 Å². The second-order valence-corrected chi connectivity index (χ2v) is 4.12. The zero-order valence-electron chi connectivity index (χ0n) is 8.87. The molecule has 3 heteroatoms. The molecule has 0 spiro atoms. The lowest BCUT2D eigenvalue weighted by Gasteiger charge is -2.09. The van der Waals surface area contributed by atoms with Crippen LogP contribution in [0.5, 0.6) is 0 Å². The van der Waals surface area contributed by atoms with Crippen molar-refractivity contribution in [2.75, 3.05) is 11.9 Å². The maximum Gasteiger partial charge on any atom is 0.0726 e. The number of nitrogens with one attached hydrogen (secondary N) is 1. The van der Waals surface area contributed by atoms with Gasteiger partial charge < -0.3 is 5.32 Å². The topological polar surface area (TPSA) is 29.9 Å². The maximum atomic E-state index is 4.23. The lowest BCUT2D eigenvalue weighted by Crippen LogP contribution is -2.10. The van der Waals surface area contributed by atoms with E-state index in [-0.39, 0.29) is 0 Å². The van der Waals surface area contributed by atoms with E-state index >= 15 is 0 Å². The molecule has 1 aromatic heterocycles. The Morgan fingerprint density at radius 1 is 1.50 bits per heavy atom. The molecule has 0 saturated heterocycles. The Morgan fingerprint density at radius 3 is 2.93 bits per heavy atom. The van der Waals surface area contributed by atoms with Crippen molar-refractivity contribution in [1.29, 1.82) is 0 Å². The molecule has 1 aliphatic carbocycles. The molecule has 1 heterocycles. The molecule has 1 saturated carbocycles. The minimum absolute atomic E-state index is 0.889. The summed E-state index contributed by atoms with van der Waals surface area (Å²) in [6.07, 6.45) is 9.62. The van der Waals surface area contributed by atoms with Gasteiger partial charge in [-0.1, -0.05) is 12.8 Å². The lowest BCUT2D eigenvalue weighted by atomic mass is 10.1. The molecule has 1 N–H and O–H groups in total. The first-order chi connectivity index (χ1) is 6.88. The average molecular weight is 193 g/mol. The van der Waals surface area contributed by atoms with Crippen molar-refractivity contribution in [3.05, 3.63) is 12.4 Å². The molecule has 3 nitrogen and oxygen atoms in total.